The van der Waals surface area contributed by atoms with Crippen LogP contribution >= 0.6 is 25.4 Å². The number of carbonyl (C=O) groups is 1. The number of hydrogen-bond acceptors (Lipinski definition) is 23. The van der Waals surface area contributed by atoms with E-state index in [0.717, 1.165) is 15.3 Å². The lowest BCUT2D eigenvalue weighted by molar-refractivity contribution is -0.841. The van der Waals surface area contributed by atoms with Gasteiger partial charge in [-0.25, -0.2) is 14.5 Å². The van der Waals surface area contributed by atoms with E-state index in [0.29, 0.717) is 0 Å². The van der Waals surface area contributed by atoms with Crippen molar-refractivity contribution in [3.63, 3.8) is 0 Å². The fourth-order valence-corrected chi connectivity index (χ4v) is 5.34. The fourth-order valence-electron chi connectivity index (χ4n) is 5.03. The van der Waals surface area contributed by atoms with Gasteiger partial charge >= 0.3 is 23.5 Å². The molecular weight excluding hydrogens is 974 g/mol. The first kappa shape index (κ1) is 55.3. The molecule has 0 bridgehead atoms. The predicted octanol–water partition coefficient (Wildman–Crippen LogP) is -0.335. The molecule has 0 aromatic carbocycles. The average Bonchev–Trinajstić information content (AvgIpc) is 3.88. The first-order chi connectivity index (χ1) is 31.6. The number of rotatable bonds is 22. The van der Waals surface area contributed by atoms with Crippen LogP contribution in [0.3, 0.4) is 0 Å². The summed E-state index contributed by atoms with van der Waals surface area (Å²) in [4.78, 5) is 72.9. The molecule has 2 aromatic heterocycles. The van der Waals surface area contributed by atoms with E-state index in [9.17, 15) is 42.3 Å². The smallest absolute Gasteiger partial charge is 0.394 e. The van der Waals surface area contributed by atoms with Crippen LogP contribution in [0.4, 0.5) is 13.2 Å². The maximum Gasteiger partial charge on any atom is 0.471 e. The number of H-pyrrole nitrogens is 2. The molecule has 1 amide bonds. The second-order valence-corrected chi connectivity index (χ2v) is 17.4. The van der Waals surface area contributed by atoms with Crippen LogP contribution in [0, 0.1) is 23.7 Å². The molecule has 2 fully saturated rings. The van der Waals surface area contributed by atoms with Crippen molar-refractivity contribution in [3.8, 4) is 23.7 Å². The number of alkyl halides is 3. The zero-order valence-corrected chi connectivity index (χ0v) is 36.1. The summed E-state index contributed by atoms with van der Waals surface area (Å²) in [7, 11) is 3.49. The van der Waals surface area contributed by atoms with E-state index in [1.807, 2.05) is 4.98 Å². The summed E-state index contributed by atoms with van der Waals surface area (Å²) in [6.45, 7) is -2.12. The molecule has 4 rings (SSSR count). The lowest BCUT2D eigenvalue weighted by atomic mass is 10.2. The van der Waals surface area contributed by atoms with Crippen molar-refractivity contribution in [1.29, 1.82) is 0 Å². The van der Waals surface area contributed by atoms with E-state index < -0.39 is 92.1 Å². The van der Waals surface area contributed by atoms with Crippen LogP contribution in [-0.2, 0) is 73.6 Å². The van der Waals surface area contributed by atoms with Gasteiger partial charge in [-0.1, -0.05) is 51.8 Å². The number of amides is 1. The lowest BCUT2D eigenvalue weighted by Gasteiger charge is -2.16. The third kappa shape index (κ3) is 19.1. The number of aromatic amines is 2. The number of carbonyl (C=O) groups excluding carboxylic acids is 1. The van der Waals surface area contributed by atoms with Gasteiger partial charge in [-0.05, 0) is 51.4 Å². The highest BCUT2D eigenvalue weighted by Gasteiger charge is 2.40. The van der Waals surface area contributed by atoms with Crippen molar-refractivity contribution in [3.05, 3.63) is 86.1 Å². The van der Waals surface area contributed by atoms with Crippen LogP contribution < -0.4 is 33.5 Å². The predicted molar refractivity (Wildman–Crippen MR) is 208 cm³/mol. The summed E-state index contributed by atoms with van der Waals surface area (Å²) in [5, 5.41) is 48.9. The Bertz CT molecular complexity index is 2360. The number of halogens is 3. The summed E-state index contributed by atoms with van der Waals surface area (Å²) < 4.78 is 64.8. The standard InChI is InChI=1S/C15H15F3N6O6.C13H19N6O14P3/c16-15(17,18)13(27)20-3-1-2-8-5-24(14(28)22-12(8)26)11-4-9(10(6-25)30-11)29-7-21-23-19;14-3-1-2-8-5-19(13(21)17-12(8)20)11-4-9(22-7-16-18-15)10(24-11)6-23-25-26-27-28-29-30-31-32-33-36(34)35/h5,9-11,25H,3-4,6-7H2,(H,20,27)(H,22,26,28);5,9-11H,3-4,6-7,14,34-35H2,(H,17,20,21). The van der Waals surface area contributed by atoms with Gasteiger partial charge in [0.05, 0.1) is 31.9 Å². The van der Waals surface area contributed by atoms with Crippen LogP contribution in [0.25, 0.3) is 20.9 Å². The van der Waals surface area contributed by atoms with Gasteiger partial charge in [-0.2, -0.15) is 17.8 Å². The van der Waals surface area contributed by atoms with Gasteiger partial charge in [0.25, 0.3) is 11.1 Å². The van der Waals surface area contributed by atoms with Crippen LogP contribution in [-0.4, -0.2) is 100 Å². The average molecular weight is 1010 g/mol. The van der Waals surface area contributed by atoms with E-state index in [1.54, 1.807) is 0 Å². The highest BCUT2D eigenvalue weighted by Crippen LogP contribution is 2.53. The molecule has 0 aliphatic carbocycles. The molecule has 66 heavy (non-hydrogen) atoms. The summed E-state index contributed by atoms with van der Waals surface area (Å²) in [5.41, 5.74) is 18.6. The molecule has 6 N–H and O–H groups in total. The molecule has 0 radical (unpaired) electrons. The Morgan fingerprint density at radius 2 is 1.35 bits per heavy atom. The van der Waals surface area contributed by atoms with Crippen molar-refractivity contribution in [2.24, 2.45) is 16.0 Å². The molecule has 38 heteroatoms. The number of hydrogen-bond donors (Lipinski definition) is 5. The SMILES string of the molecule is [N-]=[N+]=NCOC1CC(n2cc(C#CCN)c(=O)[nH]c2=O)OC1COOOOOOOOOOP(P)P.[N-]=[N+]=NCOC1CC(n2cc(C#CCNC(=O)C(F)(F)F)c(=O)[nH]c2=O)OC1CO. The van der Waals surface area contributed by atoms with Gasteiger partial charge in [0.2, 0.25) is 0 Å². The van der Waals surface area contributed by atoms with Gasteiger partial charge in [0.1, 0.15) is 63.4 Å². The monoisotopic (exact) mass is 1010 g/mol. The molecule has 32 nitrogen and oxygen atoms in total. The summed E-state index contributed by atoms with van der Waals surface area (Å²) in [6.07, 6.45) is -7.68. The quantitative estimate of drug-likeness (QED) is 0.0147. The Balaban J connectivity index is 0.000000356. The van der Waals surface area contributed by atoms with E-state index in [-0.39, 0.29) is 50.6 Å². The molecule has 8 atom stereocenters. The molecule has 2 aliphatic heterocycles. The molecule has 0 spiro atoms. The van der Waals surface area contributed by atoms with Crippen molar-refractivity contribution in [2.45, 2.75) is 55.9 Å². The Hall–Kier alpha value is -4.99. The number of nitrogens with two attached hydrogens (primary N) is 1. The molecule has 0 saturated carbocycles. The molecule has 4 heterocycles. The molecule has 2 aromatic rings. The van der Waals surface area contributed by atoms with Gasteiger partial charge in [-0.3, -0.25) is 33.5 Å². The van der Waals surface area contributed by atoms with Crippen molar-refractivity contribution < 1.29 is 91.9 Å². The van der Waals surface area contributed by atoms with Crippen molar-refractivity contribution >= 4 is 31.3 Å². The van der Waals surface area contributed by atoms with Gasteiger partial charge < -0.3 is 35.1 Å². The minimum absolute atomic E-state index is 0.00161. The van der Waals surface area contributed by atoms with Crippen molar-refractivity contribution in [2.75, 3.05) is 39.8 Å². The molecular formula is C28H34F3N12O20P3. The van der Waals surface area contributed by atoms with Crippen LogP contribution in [0.1, 0.15) is 36.4 Å². The molecule has 2 saturated heterocycles. The summed E-state index contributed by atoms with van der Waals surface area (Å²) in [6, 6.07) is 0. The van der Waals surface area contributed by atoms with Gasteiger partial charge in [0.15, 0.2) is 0 Å². The van der Waals surface area contributed by atoms with Gasteiger partial charge in [0, 0.05) is 35.1 Å². The molecule has 2 aliphatic rings. The topological polar surface area (TPSA) is 412 Å². The van der Waals surface area contributed by atoms with Crippen molar-refractivity contribution in [1.82, 2.24) is 24.4 Å². The Morgan fingerprint density at radius 1 is 0.864 bits per heavy atom. The second-order valence-electron chi connectivity index (χ2n) is 11.7. The first-order valence-corrected chi connectivity index (χ1v) is 22.0. The number of nitrogens with zero attached hydrogens (tertiary/aromatic N) is 8. The lowest BCUT2D eigenvalue weighted by Crippen LogP contribution is -2.37. The number of azide groups is 2. The van der Waals surface area contributed by atoms with E-state index in [4.69, 9.17) is 40.6 Å². The maximum atomic E-state index is 12.3. The number of ether oxygens (including phenoxy) is 4. The Morgan fingerprint density at radius 3 is 1.83 bits per heavy atom. The molecule has 8 unspecified atom stereocenters. The largest absolute Gasteiger partial charge is 0.471 e. The normalized spacial score (nSPS) is 19.9. The molecule has 362 valence electrons. The van der Waals surface area contributed by atoms with E-state index in [2.05, 4.69) is 112 Å². The summed E-state index contributed by atoms with van der Waals surface area (Å²) in [5.74, 6) is 7.33. The number of aliphatic hydroxyl groups excluding tert-OH is 1. The zero-order valence-electron chi connectivity index (χ0n) is 32.9. The highest BCUT2D eigenvalue weighted by molar-refractivity contribution is 8.41. The third-order valence-electron chi connectivity index (χ3n) is 7.65. The first-order valence-electron chi connectivity index (χ1n) is 17.5. The van der Waals surface area contributed by atoms with E-state index in [1.165, 1.54) is 11.5 Å². The number of nitrogens with one attached hydrogen (secondary N) is 3. The minimum atomic E-state index is -5.06. The Labute approximate surface area is 368 Å². The maximum absolute atomic E-state index is 12.3. The van der Waals surface area contributed by atoms with Crippen LogP contribution in [0.2, 0.25) is 0 Å². The third-order valence-corrected chi connectivity index (χ3v) is 8.40. The summed E-state index contributed by atoms with van der Waals surface area (Å²) >= 11 is 0. The minimum Gasteiger partial charge on any atom is -0.394 e. The number of aromatic nitrogens is 4. The number of aliphatic hydroxyl groups is 1. The van der Waals surface area contributed by atoms with E-state index >= 15 is 0 Å². The highest BCUT2D eigenvalue weighted by atomic mass is 32.4. The van der Waals surface area contributed by atoms with Gasteiger partial charge in [-0.15, -0.1) is 0 Å². The Kier molecular flexibility index (Phi) is 24.8. The van der Waals surface area contributed by atoms with Crippen LogP contribution in [0.5, 0.6) is 0 Å². The fraction of sp³-hybridized carbons (Fsp3) is 0.536. The second kappa shape index (κ2) is 29.6. The zero-order chi connectivity index (χ0) is 48.5. The van der Waals surface area contributed by atoms with Crippen LogP contribution in [0.15, 0.2) is 41.8 Å².